The molecule has 0 bridgehead atoms. The zero-order valence-electron chi connectivity index (χ0n) is 14.9. The Morgan fingerprint density at radius 3 is 2.50 bits per heavy atom. The van der Waals surface area contributed by atoms with E-state index in [1.165, 1.54) is 11.1 Å². The summed E-state index contributed by atoms with van der Waals surface area (Å²) in [5.41, 5.74) is 3.18. The Bertz CT molecular complexity index is 707. The third kappa shape index (κ3) is 4.64. The van der Waals surface area contributed by atoms with Crippen molar-refractivity contribution in [2.24, 2.45) is 0 Å². The molecule has 2 aromatic rings. The van der Waals surface area contributed by atoms with Crippen LogP contribution in [0.4, 0.5) is 0 Å². The Morgan fingerprint density at radius 1 is 1.17 bits per heavy atom. The molecule has 24 heavy (non-hydrogen) atoms. The lowest BCUT2D eigenvalue weighted by Crippen LogP contribution is -2.24. The first-order valence-corrected chi connectivity index (χ1v) is 7.85. The van der Waals surface area contributed by atoms with E-state index in [0.29, 0.717) is 5.89 Å². The van der Waals surface area contributed by atoms with Gasteiger partial charge in [-0.25, -0.2) is 0 Å². The summed E-state index contributed by atoms with van der Waals surface area (Å²) in [5, 5.41) is 7.61. The highest BCUT2D eigenvalue weighted by molar-refractivity contribution is 5.71. The zero-order valence-corrected chi connectivity index (χ0v) is 14.9. The fraction of sp³-hybridized carbons (Fsp3) is 0.500. The topological polar surface area (TPSA) is 74.5 Å². The standard InChI is InChI=1S/C18H24N2O4/c1-12-6-7-13(2)14(8-12)18(3,4)9-17(21)23-11-16-20-19-15(24-16)10-22-5/h6-8H,9-11H2,1-5H3. The highest BCUT2D eigenvalue weighted by Crippen LogP contribution is 2.31. The minimum Gasteiger partial charge on any atom is -0.456 e. The molecular formula is C18H24N2O4. The minimum atomic E-state index is -0.316. The molecule has 1 heterocycles. The lowest BCUT2D eigenvalue weighted by atomic mass is 9.79. The van der Waals surface area contributed by atoms with Crippen LogP contribution in [0.25, 0.3) is 0 Å². The number of ether oxygens (including phenoxy) is 2. The van der Waals surface area contributed by atoms with Crippen molar-refractivity contribution in [1.29, 1.82) is 0 Å². The highest BCUT2D eigenvalue weighted by Gasteiger charge is 2.27. The van der Waals surface area contributed by atoms with Gasteiger partial charge in [0.25, 0.3) is 5.89 Å². The van der Waals surface area contributed by atoms with Crippen LogP contribution >= 0.6 is 0 Å². The molecule has 0 saturated heterocycles. The van der Waals surface area contributed by atoms with E-state index in [1.54, 1.807) is 7.11 Å². The Balaban J connectivity index is 1.96. The summed E-state index contributed by atoms with van der Waals surface area (Å²) in [4.78, 5) is 12.2. The van der Waals surface area contributed by atoms with Crippen LogP contribution in [0.5, 0.6) is 0 Å². The van der Waals surface area contributed by atoms with Crippen LogP contribution in [0.3, 0.4) is 0 Å². The molecule has 0 spiro atoms. The molecule has 0 atom stereocenters. The van der Waals surface area contributed by atoms with E-state index in [1.807, 2.05) is 20.8 Å². The first kappa shape index (κ1) is 18.1. The maximum atomic E-state index is 12.2. The molecule has 130 valence electrons. The molecule has 2 rings (SSSR count). The number of aryl methyl sites for hydroxylation is 2. The quantitative estimate of drug-likeness (QED) is 0.725. The van der Waals surface area contributed by atoms with Crippen molar-refractivity contribution in [3.63, 3.8) is 0 Å². The minimum absolute atomic E-state index is 0.0293. The van der Waals surface area contributed by atoms with Crippen molar-refractivity contribution in [3.8, 4) is 0 Å². The van der Waals surface area contributed by atoms with Gasteiger partial charge in [0.15, 0.2) is 6.61 Å². The summed E-state index contributed by atoms with van der Waals surface area (Å²) < 4.78 is 15.5. The Hall–Kier alpha value is -2.21. The fourth-order valence-electron chi connectivity index (χ4n) is 2.64. The van der Waals surface area contributed by atoms with Gasteiger partial charge in [0, 0.05) is 12.5 Å². The highest BCUT2D eigenvalue weighted by atomic mass is 16.5. The lowest BCUT2D eigenvalue weighted by Gasteiger charge is -2.26. The molecule has 6 heteroatoms. The van der Waals surface area contributed by atoms with Gasteiger partial charge >= 0.3 is 5.97 Å². The SMILES string of the molecule is COCc1nnc(COC(=O)CC(C)(C)c2cc(C)ccc2C)o1. The molecule has 0 aliphatic heterocycles. The number of carbonyl (C=O) groups excluding carboxylic acids is 1. The van der Waals surface area contributed by atoms with Crippen LogP contribution in [0.2, 0.25) is 0 Å². The summed E-state index contributed by atoms with van der Waals surface area (Å²) in [7, 11) is 1.54. The maximum Gasteiger partial charge on any atom is 0.307 e. The first-order valence-electron chi connectivity index (χ1n) is 7.85. The fourth-order valence-corrected chi connectivity index (χ4v) is 2.64. The van der Waals surface area contributed by atoms with Crippen LogP contribution < -0.4 is 0 Å². The van der Waals surface area contributed by atoms with E-state index < -0.39 is 0 Å². The van der Waals surface area contributed by atoms with E-state index >= 15 is 0 Å². The summed E-state index contributed by atoms with van der Waals surface area (Å²) >= 11 is 0. The lowest BCUT2D eigenvalue weighted by molar-refractivity contribution is -0.147. The normalized spacial score (nSPS) is 11.5. The number of aromatic nitrogens is 2. The van der Waals surface area contributed by atoms with Gasteiger partial charge in [0.05, 0.1) is 6.42 Å². The summed E-state index contributed by atoms with van der Waals surface area (Å²) in [6, 6.07) is 6.27. The molecular weight excluding hydrogens is 308 g/mol. The molecule has 1 aromatic heterocycles. The number of esters is 1. The van der Waals surface area contributed by atoms with Gasteiger partial charge in [-0.05, 0) is 25.0 Å². The van der Waals surface area contributed by atoms with Crippen molar-refractivity contribution < 1.29 is 18.7 Å². The first-order chi connectivity index (χ1) is 11.3. The maximum absolute atomic E-state index is 12.2. The van der Waals surface area contributed by atoms with Crippen LogP contribution in [0, 0.1) is 13.8 Å². The Morgan fingerprint density at radius 2 is 1.83 bits per heavy atom. The molecule has 0 aliphatic carbocycles. The number of hydrogen-bond donors (Lipinski definition) is 0. The Kier molecular flexibility index (Phi) is 5.72. The van der Waals surface area contributed by atoms with Crippen molar-refractivity contribution in [3.05, 3.63) is 46.7 Å². The third-order valence-electron chi connectivity index (χ3n) is 3.84. The number of nitrogens with zero attached hydrogens (tertiary/aromatic N) is 2. The number of benzene rings is 1. The summed E-state index contributed by atoms with van der Waals surface area (Å²) in [6.07, 6.45) is 0.274. The average molecular weight is 332 g/mol. The van der Waals surface area contributed by atoms with Gasteiger partial charge in [-0.15, -0.1) is 10.2 Å². The zero-order chi connectivity index (χ0) is 17.7. The van der Waals surface area contributed by atoms with E-state index in [9.17, 15) is 4.79 Å². The van der Waals surface area contributed by atoms with Gasteiger partial charge < -0.3 is 13.9 Å². The smallest absolute Gasteiger partial charge is 0.307 e. The van der Waals surface area contributed by atoms with Crippen molar-refractivity contribution in [2.45, 2.75) is 52.7 Å². The molecule has 0 unspecified atom stereocenters. The van der Waals surface area contributed by atoms with Crippen molar-refractivity contribution in [2.75, 3.05) is 7.11 Å². The van der Waals surface area contributed by atoms with Gasteiger partial charge in [-0.1, -0.05) is 37.6 Å². The molecule has 6 nitrogen and oxygen atoms in total. The second-order valence-electron chi connectivity index (χ2n) is 6.56. The predicted octanol–water partition coefficient (Wildman–Crippen LogP) is 3.24. The number of hydrogen-bond acceptors (Lipinski definition) is 6. The predicted molar refractivity (Wildman–Crippen MR) is 88.4 cm³/mol. The third-order valence-corrected chi connectivity index (χ3v) is 3.84. The van der Waals surface area contributed by atoms with E-state index in [4.69, 9.17) is 13.9 Å². The second-order valence-corrected chi connectivity index (χ2v) is 6.56. The van der Waals surface area contributed by atoms with Crippen LogP contribution in [-0.4, -0.2) is 23.3 Å². The molecule has 0 amide bonds. The average Bonchev–Trinajstić information content (AvgIpc) is 2.95. The molecule has 1 aromatic carbocycles. The van der Waals surface area contributed by atoms with Crippen molar-refractivity contribution >= 4 is 5.97 Å². The monoisotopic (exact) mass is 332 g/mol. The van der Waals surface area contributed by atoms with E-state index in [2.05, 4.69) is 35.3 Å². The summed E-state index contributed by atoms with van der Waals surface area (Å²) in [6.45, 7) is 8.39. The van der Waals surface area contributed by atoms with Gasteiger partial charge in [-0.2, -0.15) is 0 Å². The molecule has 0 saturated carbocycles. The molecule has 0 N–H and O–H groups in total. The van der Waals surface area contributed by atoms with Crippen LogP contribution in [-0.2, 0) is 32.9 Å². The molecule has 0 fully saturated rings. The number of carbonyl (C=O) groups is 1. The van der Waals surface area contributed by atoms with Crippen molar-refractivity contribution in [1.82, 2.24) is 10.2 Å². The second kappa shape index (κ2) is 7.57. The van der Waals surface area contributed by atoms with Crippen LogP contribution in [0.1, 0.15) is 48.7 Å². The molecule has 0 aliphatic rings. The van der Waals surface area contributed by atoms with Crippen LogP contribution in [0.15, 0.2) is 22.6 Å². The number of rotatable bonds is 7. The molecule has 0 radical (unpaired) electrons. The van der Waals surface area contributed by atoms with E-state index in [-0.39, 0.29) is 36.9 Å². The van der Waals surface area contributed by atoms with E-state index in [0.717, 1.165) is 5.56 Å². The Labute approximate surface area is 142 Å². The largest absolute Gasteiger partial charge is 0.456 e. The summed E-state index contributed by atoms with van der Waals surface area (Å²) in [5.74, 6) is 0.326. The van der Waals surface area contributed by atoms with Gasteiger partial charge in [0.2, 0.25) is 5.89 Å². The van der Waals surface area contributed by atoms with Gasteiger partial charge in [-0.3, -0.25) is 4.79 Å². The van der Waals surface area contributed by atoms with Gasteiger partial charge in [0.1, 0.15) is 6.61 Å². The number of methoxy groups -OCH3 is 1.